The molecular formula is C15H20F3N2O7P. The maximum absolute atomic E-state index is 13.2. The monoisotopic (exact) mass is 428 g/mol. The molecule has 0 atom stereocenters. The number of nitrogens with zero attached hydrogens (tertiary/aromatic N) is 2. The molecule has 0 aliphatic carbocycles. The molecule has 0 N–H and O–H groups in total. The number of hydrogen-bond acceptors (Lipinski definition) is 7. The van der Waals surface area contributed by atoms with Crippen LogP contribution in [0.5, 0.6) is 0 Å². The zero-order chi connectivity index (χ0) is 21.5. The molecule has 0 heterocycles. The van der Waals surface area contributed by atoms with Crippen molar-refractivity contribution in [2.24, 2.45) is 0 Å². The molecule has 0 saturated carbocycles. The smallest absolute Gasteiger partial charge is 0.305 e. The Kier molecular flexibility index (Phi) is 8.52. The molecule has 0 bridgehead atoms. The van der Waals surface area contributed by atoms with Crippen molar-refractivity contribution < 1.29 is 36.6 Å². The summed E-state index contributed by atoms with van der Waals surface area (Å²) < 4.78 is 62.6. The van der Waals surface area contributed by atoms with Crippen molar-refractivity contribution >= 4 is 24.3 Å². The molecule has 1 aromatic rings. The summed E-state index contributed by atoms with van der Waals surface area (Å²) in [6.07, 6.45) is -3.17. The summed E-state index contributed by atoms with van der Waals surface area (Å²) in [5, 5.41) is 21.7. The summed E-state index contributed by atoms with van der Waals surface area (Å²) in [5.74, 6) is 0. The molecule has 0 radical (unpaired) electrons. The molecule has 13 heteroatoms. The third-order valence-electron chi connectivity index (χ3n) is 3.58. The van der Waals surface area contributed by atoms with Crippen LogP contribution < -0.4 is 5.30 Å². The summed E-state index contributed by atoms with van der Waals surface area (Å²) in [7, 11) is -4.64. The van der Waals surface area contributed by atoms with Crippen LogP contribution >= 0.6 is 7.60 Å². The predicted octanol–water partition coefficient (Wildman–Crippen LogP) is 4.97. The Labute approximate surface area is 158 Å². The van der Waals surface area contributed by atoms with E-state index in [0.717, 1.165) is 0 Å². The van der Waals surface area contributed by atoms with Crippen LogP contribution in [0, 0.1) is 20.2 Å². The maximum atomic E-state index is 13.2. The van der Waals surface area contributed by atoms with E-state index in [-0.39, 0.29) is 25.3 Å². The SMILES string of the molecule is CCCCOP(=O)(OCCCC)c1c([N+](=O)[O-])cc(C(F)(F)F)cc1[N+](=O)[O-]. The van der Waals surface area contributed by atoms with Crippen LogP contribution in [0.2, 0.25) is 0 Å². The van der Waals surface area contributed by atoms with Crippen molar-refractivity contribution in [1.29, 1.82) is 0 Å². The van der Waals surface area contributed by atoms with E-state index in [1.54, 1.807) is 13.8 Å². The topological polar surface area (TPSA) is 122 Å². The van der Waals surface area contributed by atoms with Gasteiger partial charge in [-0.1, -0.05) is 26.7 Å². The Morgan fingerprint density at radius 2 is 1.36 bits per heavy atom. The number of hydrogen-bond donors (Lipinski definition) is 0. The van der Waals surface area contributed by atoms with Crippen LogP contribution in [0.4, 0.5) is 24.5 Å². The van der Waals surface area contributed by atoms with E-state index in [2.05, 4.69) is 0 Å². The van der Waals surface area contributed by atoms with E-state index in [0.29, 0.717) is 25.7 Å². The predicted molar refractivity (Wildman–Crippen MR) is 93.7 cm³/mol. The van der Waals surface area contributed by atoms with Gasteiger partial charge in [-0.2, -0.15) is 13.2 Å². The fourth-order valence-electron chi connectivity index (χ4n) is 2.15. The second-order valence-electron chi connectivity index (χ2n) is 5.75. The molecule has 0 fully saturated rings. The van der Waals surface area contributed by atoms with Gasteiger partial charge in [-0.3, -0.25) is 24.8 Å². The lowest BCUT2D eigenvalue weighted by Crippen LogP contribution is -2.21. The van der Waals surface area contributed by atoms with E-state index in [1.165, 1.54) is 0 Å². The number of nitro benzene ring substituents is 2. The molecule has 0 aromatic heterocycles. The minimum Gasteiger partial charge on any atom is -0.305 e. The van der Waals surface area contributed by atoms with Gasteiger partial charge in [-0.15, -0.1) is 0 Å². The highest BCUT2D eigenvalue weighted by Gasteiger charge is 2.46. The lowest BCUT2D eigenvalue weighted by atomic mass is 10.1. The van der Waals surface area contributed by atoms with Crippen molar-refractivity contribution in [3.05, 3.63) is 37.9 Å². The third kappa shape index (κ3) is 5.98. The maximum Gasteiger partial charge on any atom is 0.416 e. The molecule has 9 nitrogen and oxygen atoms in total. The molecule has 0 aliphatic heterocycles. The second kappa shape index (κ2) is 9.94. The van der Waals surface area contributed by atoms with Gasteiger partial charge in [0.1, 0.15) is 0 Å². The summed E-state index contributed by atoms with van der Waals surface area (Å²) in [5.41, 5.74) is -4.28. The van der Waals surface area contributed by atoms with Crippen LogP contribution in [-0.2, 0) is 19.8 Å². The normalized spacial score (nSPS) is 12.2. The van der Waals surface area contributed by atoms with Crippen molar-refractivity contribution in [2.45, 2.75) is 45.7 Å². The molecule has 1 rings (SSSR count). The molecule has 0 unspecified atom stereocenters. The lowest BCUT2D eigenvalue weighted by molar-refractivity contribution is -0.392. The van der Waals surface area contributed by atoms with Gasteiger partial charge in [0.2, 0.25) is 5.30 Å². The molecule has 0 aliphatic rings. The van der Waals surface area contributed by atoms with Crippen LogP contribution in [-0.4, -0.2) is 23.1 Å². The van der Waals surface area contributed by atoms with Gasteiger partial charge in [0, 0.05) is 12.1 Å². The molecule has 28 heavy (non-hydrogen) atoms. The highest BCUT2D eigenvalue weighted by atomic mass is 31.2. The van der Waals surface area contributed by atoms with E-state index in [1.807, 2.05) is 0 Å². The first kappa shape index (κ1) is 24.0. The van der Waals surface area contributed by atoms with E-state index >= 15 is 0 Å². The average Bonchev–Trinajstić information content (AvgIpc) is 2.60. The second-order valence-corrected chi connectivity index (χ2v) is 7.70. The van der Waals surface area contributed by atoms with E-state index < -0.39 is 45.9 Å². The third-order valence-corrected chi connectivity index (χ3v) is 5.63. The van der Waals surface area contributed by atoms with Gasteiger partial charge in [0.05, 0.1) is 28.6 Å². The van der Waals surface area contributed by atoms with Crippen LogP contribution in [0.3, 0.4) is 0 Å². The summed E-state index contributed by atoms with van der Waals surface area (Å²) in [4.78, 5) is 20.2. The number of benzene rings is 1. The lowest BCUT2D eigenvalue weighted by Gasteiger charge is -2.19. The first-order valence-electron chi connectivity index (χ1n) is 8.41. The average molecular weight is 428 g/mol. The quantitative estimate of drug-likeness (QED) is 0.211. The van der Waals surface area contributed by atoms with Gasteiger partial charge in [-0.25, -0.2) is 0 Å². The van der Waals surface area contributed by atoms with Crippen molar-refractivity contribution in [3.63, 3.8) is 0 Å². The van der Waals surface area contributed by atoms with Crippen LogP contribution in [0.25, 0.3) is 0 Å². The summed E-state index contributed by atoms with van der Waals surface area (Å²) in [6, 6.07) is 0.197. The zero-order valence-electron chi connectivity index (χ0n) is 15.2. The fourth-order valence-corrected chi connectivity index (χ4v) is 4.08. The summed E-state index contributed by atoms with van der Waals surface area (Å²) in [6.45, 7) is 3.15. The van der Waals surface area contributed by atoms with Gasteiger partial charge >= 0.3 is 13.8 Å². The van der Waals surface area contributed by atoms with E-state index in [4.69, 9.17) is 9.05 Å². The fraction of sp³-hybridized carbons (Fsp3) is 0.600. The molecule has 0 spiro atoms. The Bertz CT molecular complexity index is 721. The minimum absolute atomic E-state index is 0.0986. The Balaban J connectivity index is 3.71. The Morgan fingerprint density at radius 3 is 1.64 bits per heavy atom. The Hall–Kier alpha value is -2.04. The largest absolute Gasteiger partial charge is 0.416 e. The van der Waals surface area contributed by atoms with Gasteiger partial charge in [0.15, 0.2) is 0 Å². The first-order chi connectivity index (χ1) is 13.0. The zero-order valence-corrected chi connectivity index (χ0v) is 16.1. The number of unbranched alkanes of at least 4 members (excludes halogenated alkanes) is 2. The van der Waals surface area contributed by atoms with Gasteiger partial charge in [0.25, 0.3) is 11.4 Å². The summed E-state index contributed by atoms with van der Waals surface area (Å²) >= 11 is 0. The van der Waals surface area contributed by atoms with E-state index in [9.17, 15) is 38.0 Å². The van der Waals surface area contributed by atoms with Gasteiger partial charge < -0.3 is 9.05 Å². The highest BCUT2D eigenvalue weighted by molar-refractivity contribution is 7.62. The standard InChI is InChI=1S/C15H20F3N2O7P/c1-3-5-7-26-28(25,27-8-6-4-2)14-12(19(21)22)9-11(15(16,17)18)10-13(14)20(23)24/h9-10H,3-8H2,1-2H3. The minimum atomic E-state index is -5.08. The number of alkyl halides is 3. The highest BCUT2D eigenvalue weighted by Crippen LogP contribution is 2.53. The molecule has 158 valence electrons. The molecule has 0 amide bonds. The van der Waals surface area contributed by atoms with Crippen LogP contribution in [0.15, 0.2) is 12.1 Å². The van der Waals surface area contributed by atoms with Crippen molar-refractivity contribution in [1.82, 2.24) is 0 Å². The number of nitro groups is 2. The molecule has 0 saturated heterocycles. The van der Waals surface area contributed by atoms with Crippen molar-refractivity contribution in [2.75, 3.05) is 13.2 Å². The number of halogens is 3. The number of rotatable bonds is 11. The Morgan fingerprint density at radius 1 is 0.964 bits per heavy atom. The van der Waals surface area contributed by atoms with Crippen molar-refractivity contribution in [3.8, 4) is 0 Å². The molecule has 1 aromatic carbocycles. The molecular weight excluding hydrogens is 408 g/mol. The van der Waals surface area contributed by atoms with Gasteiger partial charge in [-0.05, 0) is 12.8 Å². The van der Waals surface area contributed by atoms with Crippen LogP contribution in [0.1, 0.15) is 45.1 Å². The first-order valence-corrected chi connectivity index (χ1v) is 9.95.